The van der Waals surface area contributed by atoms with Crippen molar-refractivity contribution >= 4 is 28.5 Å². The highest BCUT2D eigenvalue weighted by molar-refractivity contribution is 6.01. The van der Waals surface area contributed by atoms with Crippen molar-refractivity contribution in [3.05, 3.63) is 64.4 Å². The van der Waals surface area contributed by atoms with Gasteiger partial charge in [-0.3, -0.25) is 4.79 Å². The van der Waals surface area contributed by atoms with Crippen molar-refractivity contribution in [1.82, 2.24) is 4.98 Å². The van der Waals surface area contributed by atoms with Crippen molar-refractivity contribution in [2.45, 2.75) is 39.7 Å². The molecule has 1 aliphatic rings. The van der Waals surface area contributed by atoms with Crippen LogP contribution in [0.4, 0.5) is 5.69 Å². The van der Waals surface area contributed by atoms with Gasteiger partial charge in [0.15, 0.2) is 0 Å². The van der Waals surface area contributed by atoms with E-state index < -0.39 is 5.97 Å². The number of cyclic esters (lactones) is 1. The van der Waals surface area contributed by atoms with Gasteiger partial charge in [0.1, 0.15) is 23.7 Å². The van der Waals surface area contributed by atoms with Crippen LogP contribution in [0.15, 0.2) is 42.1 Å². The summed E-state index contributed by atoms with van der Waals surface area (Å²) < 4.78 is 10.6. The Labute approximate surface area is 186 Å². The Morgan fingerprint density at radius 2 is 2.12 bits per heavy atom. The zero-order chi connectivity index (χ0) is 22.8. The molecule has 3 aromatic rings. The van der Waals surface area contributed by atoms with Crippen LogP contribution in [0, 0.1) is 6.92 Å². The molecule has 2 aromatic carbocycles. The second-order valence-electron chi connectivity index (χ2n) is 7.96. The Bertz CT molecular complexity index is 1240. The number of hydrogen-bond acceptors (Lipinski definition) is 5. The standard InChI is InChI=1S/C25H26N2O5/c1-14(8-10-21(28)27-20-6-4-5-19-16(20)11-12-26-19)7-9-17-23(29)22-18(13-32-25(22)30)15(2)24(17)31-3/h4-7,11-12,26,29H,8-10,13H2,1-3H3,(H,27,28)/b14-7+. The first kappa shape index (κ1) is 21.5. The van der Waals surface area contributed by atoms with Crippen LogP contribution in [-0.2, 0) is 22.6 Å². The fourth-order valence-electron chi connectivity index (χ4n) is 4.12. The van der Waals surface area contributed by atoms with E-state index in [9.17, 15) is 14.7 Å². The maximum absolute atomic E-state index is 12.5. The number of fused-ring (bicyclic) bond motifs is 2. The van der Waals surface area contributed by atoms with Crippen LogP contribution in [0.25, 0.3) is 10.9 Å². The molecule has 1 amide bonds. The van der Waals surface area contributed by atoms with Crippen molar-refractivity contribution < 1.29 is 24.2 Å². The Morgan fingerprint density at radius 3 is 2.91 bits per heavy atom. The molecule has 0 spiro atoms. The van der Waals surface area contributed by atoms with E-state index in [4.69, 9.17) is 9.47 Å². The number of esters is 1. The Kier molecular flexibility index (Phi) is 5.90. The molecule has 3 N–H and O–H groups in total. The molecule has 4 rings (SSSR count). The summed E-state index contributed by atoms with van der Waals surface area (Å²) in [6.07, 6.45) is 5.08. The lowest BCUT2D eigenvalue weighted by atomic mass is 9.94. The molecule has 0 radical (unpaired) electrons. The lowest BCUT2D eigenvalue weighted by Gasteiger charge is -2.15. The highest BCUT2D eigenvalue weighted by Gasteiger charge is 2.31. The van der Waals surface area contributed by atoms with Gasteiger partial charge in [0.2, 0.25) is 5.91 Å². The van der Waals surface area contributed by atoms with E-state index in [1.54, 1.807) is 7.11 Å². The third-order valence-corrected chi connectivity index (χ3v) is 5.92. The monoisotopic (exact) mass is 434 g/mol. The van der Waals surface area contributed by atoms with Crippen LogP contribution < -0.4 is 10.1 Å². The minimum Gasteiger partial charge on any atom is -0.507 e. The molecular formula is C25H26N2O5. The predicted octanol–water partition coefficient (Wildman–Crippen LogP) is 4.77. The van der Waals surface area contributed by atoms with Crippen LogP contribution in [0.2, 0.25) is 0 Å². The van der Waals surface area contributed by atoms with Gasteiger partial charge in [0.25, 0.3) is 0 Å². The smallest absolute Gasteiger partial charge is 0.342 e. The van der Waals surface area contributed by atoms with Crippen molar-refractivity contribution in [1.29, 1.82) is 0 Å². The van der Waals surface area contributed by atoms with Gasteiger partial charge >= 0.3 is 5.97 Å². The molecule has 0 unspecified atom stereocenters. The summed E-state index contributed by atoms with van der Waals surface area (Å²) in [6, 6.07) is 7.67. The van der Waals surface area contributed by atoms with Gasteiger partial charge in [-0.2, -0.15) is 0 Å². The van der Waals surface area contributed by atoms with Gasteiger partial charge < -0.3 is 24.9 Å². The molecule has 0 atom stereocenters. The minimum atomic E-state index is -0.515. The van der Waals surface area contributed by atoms with Gasteiger partial charge in [0, 0.05) is 34.6 Å². The molecule has 0 saturated heterocycles. The van der Waals surface area contributed by atoms with Gasteiger partial charge in [0.05, 0.1) is 12.8 Å². The third kappa shape index (κ3) is 3.93. The number of rotatable bonds is 7. The van der Waals surface area contributed by atoms with Crippen LogP contribution in [0.3, 0.4) is 0 Å². The van der Waals surface area contributed by atoms with Crippen molar-refractivity contribution in [3.8, 4) is 11.5 Å². The topological polar surface area (TPSA) is 101 Å². The summed E-state index contributed by atoms with van der Waals surface area (Å²) in [5.41, 5.74) is 5.00. The Balaban J connectivity index is 1.44. The number of phenols is 1. The molecule has 7 nitrogen and oxygen atoms in total. The Hall–Kier alpha value is -3.74. The molecule has 0 bridgehead atoms. The zero-order valence-corrected chi connectivity index (χ0v) is 18.4. The van der Waals surface area contributed by atoms with Gasteiger partial charge in [-0.05, 0) is 50.5 Å². The third-order valence-electron chi connectivity index (χ3n) is 5.92. The number of methoxy groups -OCH3 is 1. The zero-order valence-electron chi connectivity index (χ0n) is 18.4. The maximum Gasteiger partial charge on any atom is 0.342 e. The number of amides is 1. The molecule has 1 aromatic heterocycles. The van der Waals surface area contributed by atoms with Crippen molar-refractivity contribution in [3.63, 3.8) is 0 Å². The number of anilines is 1. The van der Waals surface area contributed by atoms with E-state index in [2.05, 4.69) is 10.3 Å². The van der Waals surface area contributed by atoms with Crippen LogP contribution in [0.1, 0.15) is 46.8 Å². The number of carbonyl (C=O) groups is 2. The van der Waals surface area contributed by atoms with Gasteiger partial charge in [-0.25, -0.2) is 4.79 Å². The van der Waals surface area contributed by atoms with E-state index >= 15 is 0 Å². The second-order valence-corrected chi connectivity index (χ2v) is 7.96. The number of carbonyl (C=O) groups excluding carboxylic acids is 2. The summed E-state index contributed by atoms with van der Waals surface area (Å²) in [7, 11) is 1.54. The quantitative estimate of drug-likeness (QED) is 0.367. The largest absolute Gasteiger partial charge is 0.507 e. The SMILES string of the molecule is COc1c(C)c2c(c(O)c1C/C=C(\C)CCC(=O)Nc1cccc3[nH]ccc13)C(=O)OC2. The molecule has 1 aliphatic heterocycles. The van der Waals surface area contributed by atoms with Crippen LogP contribution >= 0.6 is 0 Å². The fraction of sp³-hybridized carbons (Fsp3) is 0.280. The highest BCUT2D eigenvalue weighted by atomic mass is 16.5. The average molecular weight is 434 g/mol. The molecular weight excluding hydrogens is 408 g/mol. The molecule has 0 fully saturated rings. The number of nitrogens with one attached hydrogen (secondary N) is 2. The van der Waals surface area contributed by atoms with E-state index in [-0.39, 0.29) is 23.8 Å². The fourth-order valence-corrected chi connectivity index (χ4v) is 4.12. The first-order valence-corrected chi connectivity index (χ1v) is 10.5. The van der Waals surface area contributed by atoms with Gasteiger partial charge in [-0.15, -0.1) is 0 Å². The number of ether oxygens (including phenoxy) is 2. The summed E-state index contributed by atoms with van der Waals surface area (Å²) in [4.78, 5) is 27.6. The molecule has 0 aliphatic carbocycles. The molecule has 32 heavy (non-hydrogen) atoms. The van der Waals surface area contributed by atoms with Crippen LogP contribution in [-0.4, -0.2) is 29.1 Å². The number of aromatic hydroxyl groups is 1. The summed E-state index contributed by atoms with van der Waals surface area (Å²) in [5, 5.41) is 14.6. The predicted molar refractivity (Wildman–Crippen MR) is 122 cm³/mol. The maximum atomic E-state index is 12.5. The minimum absolute atomic E-state index is 0.0667. The number of aromatic nitrogens is 1. The molecule has 7 heteroatoms. The number of phenolic OH excluding ortho intramolecular Hbond substituents is 1. The number of allylic oxidation sites excluding steroid dienone is 2. The van der Waals surface area contributed by atoms with E-state index in [1.165, 1.54) is 0 Å². The number of benzene rings is 2. The van der Waals surface area contributed by atoms with Gasteiger partial charge in [-0.1, -0.05) is 17.7 Å². The lowest BCUT2D eigenvalue weighted by Crippen LogP contribution is -2.11. The van der Waals surface area contributed by atoms with E-state index in [1.807, 2.05) is 50.4 Å². The number of aromatic amines is 1. The number of H-pyrrole nitrogens is 1. The van der Waals surface area contributed by atoms with Crippen molar-refractivity contribution in [2.24, 2.45) is 0 Å². The molecule has 166 valence electrons. The van der Waals surface area contributed by atoms with Crippen molar-refractivity contribution in [2.75, 3.05) is 12.4 Å². The van der Waals surface area contributed by atoms with E-state index in [0.717, 1.165) is 27.7 Å². The molecule has 2 heterocycles. The highest BCUT2D eigenvalue weighted by Crippen LogP contribution is 2.42. The average Bonchev–Trinajstić information content (AvgIpc) is 3.41. The summed E-state index contributed by atoms with van der Waals surface area (Å²) in [5.74, 6) is -0.116. The van der Waals surface area contributed by atoms with E-state index in [0.29, 0.717) is 36.1 Å². The first-order valence-electron chi connectivity index (χ1n) is 10.5. The lowest BCUT2D eigenvalue weighted by molar-refractivity contribution is -0.116. The second kappa shape index (κ2) is 8.78. The van der Waals surface area contributed by atoms with Crippen LogP contribution in [0.5, 0.6) is 11.5 Å². The molecule has 0 saturated carbocycles. The summed E-state index contributed by atoms with van der Waals surface area (Å²) in [6.45, 7) is 3.94. The number of hydrogen-bond donors (Lipinski definition) is 3. The normalized spacial score (nSPS) is 13.2. The summed E-state index contributed by atoms with van der Waals surface area (Å²) >= 11 is 0. The first-order chi connectivity index (χ1) is 15.4. The Morgan fingerprint density at radius 1 is 1.31 bits per heavy atom.